The molecule has 3 aliphatic heterocycles. The van der Waals surface area contributed by atoms with Crippen LogP contribution in [0.15, 0.2) is 85.2 Å². The second-order valence-electron chi connectivity index (χ2n) is 34.3. The number of benzene rings is 3. The van der Waals surface area contributed by atoms with Crippen LogP contribution in [0.25, 0.3) is 21.8 Å². The van der Waals surface area contributed by atoms with Gasteiger partial charge in [0.1, 0.15) is 90.3 Å². The van der Waals surface area contributed by atoms with Crippen LogP contribution in [0.4, 0.5) is 0 Å². The molecule has 0 aliphatic carbocycles. The molecule has 0 saturated carbocycles. The zero-order valence-electron chi connectivity index (χ0n) is 75.8. The maximum absolute atomic E-state index is 15.7. The standard InChI is InChI=1S/C89H129N23O20/c1-9-11-26-68-81(125)101-60(25-18-34-95-89(93)94)77(121)100-59(76(120)98-45-73(92)117)24-17-29-74(118)99-63(37-50-30-32-53(114)33-31-50)84(128)108(6)49(5)75(119)103-65(41-72(91)116)86(130)111-35-19-28-69(111)82(126)106-66(42-90)79(123)104-62(36-48(3)4)87(131)112-46-54(115)40-71(112)83(127)102-61(38-51-43-96-57-22-15-13-20-55(51)57)78(122)107-67(47-113)80(124)105-64(39-52-44-97-58-23-16-14-21-56(52)58)85(129)110(8)70(27-12-10-2)88(132)109(68)7/h13-16,20-23,30-33,43-44,48-49,54,59-71,96-97,113-115H,9-12,17-19,24-29,34-42,45-47,90H2,1-8H3,(H2,91,116)(H2,92,117)(H,98,120)(H,99,118)(H,100,121)(H,101,125)(H,102,127)(H,103,119)(H,104,123)(H,105,124)(H,106,126)(H,107,122)(H4,93,94,95)/t49-,54+,59-,60-,61-,62-,63-,64-,65+,66-,67-,68-,69-,70-,71-/m0/s1. The average Bonchev–Trinajstić information content (AvgIpc) is 1.60. The van der Waals surface area contributed by atoms with Crippen LogP contribution in [0, 0.1) is 11.3 Å². The van der Waals surface area contributed by atoms with Gasteiger partial charge in [-0.1, -0.05) is 102 Å². The molecule has 17 amide bonds. The van der Waals surface area contributed by atoms with E-state index in [1.54, 1.807) is 74.8 Å². The number of nitrogens with two attached hydrogens (primary N) is 4. The van der Waals surface area contributed by atoms with E-state index in [-0.39, 0.29) is 102 Å². The van der Waals surface area contributed by atoms with Crippen LogP contribution in [0.2, 0.25) is 0 Å². The van der Waals surface area contributed by atoms with Gasteiger partial charge in [0.05, 0.1) is 25.7 Å². The topological polar surface area (TPSA) is 659 Å². The van der Waals surface area contributed by atoms with Crippen molar-refractivity contribution in [2.24, 2.45) is 28.9 Å². The van der Waals surface area contributed by atoms with Crippen LogP contribution in [0.3, 0.4) is 0 Å². The third-order valence-corrected chi connectivity index (χ3v) is 24.0. The monoisotopic (exact) mass is 1840 g/mol. The molecule has 43 heteroatoms. The zero-order chi connectivity index (χ0) is 96.9. The summed E-state index contributed by atoms with van der Waals surface area (Å²) in [5, 5.41) is 70.6. The van der Waals surface area contributed by atoms with Crippen molar-refractivity contribution in [2.75, 3.05) is 60.5 Å². The van der Waals surface area contributed by atoms with E-state index in [4.69, 9.17) is 28.3 Å². The lowest BCUT2D eigenvalue weighted by atomic mass is 10.00. The highest BCUT2D eigenvalue weighted by atomic mass is 16.3. The second-order valence-corrected chi connectivity index (χ2v) is 34.3. The fraction of sp³-hybridized carbons (Fsp3) is 0.551. The molecule has 15 atom stereocenters. The molecule has 2 aromatic heterocycles. The van der Waals surface area contributed by atoms with E-state index in [2.05, 4.69) is 68.5 Å². The number of aromatic hydroxyl groups is 1. The van der Waals surface area contributed by atoms with Crippen molar-refractivity contribution >= 4 is 128 Å². The molecule has 0 bridgehead atoms. The molecule has 3 saturated heterocycles. The van der Waals surface area contributed by atoms with E-state index in [1.807, 2.05) is 13.8 Å². The first kappa shape index (κ1) is 104. The number of hydrogen-bond acceptors (Lipinski definition) is 22. The number of hydrogen-bond donors (Lipinski definition) is 21. The lowest BCUT2D eigenvalue weighted by Crippen LogP contribution is -2.62. The fourth-order valence-corrected chi connectivity index (χ4v) is 16.5. The molecule has 0 spiro atoms. The minimum absolute atomic E-state index is 0.00969. The molecular weight excluding hydrogens is 1710 g/mol. The molecule has 3 aromatic carbocycles. The highest BCUT2D eigenvalue weighted by Crippen LogP contribution is 2.28. The number of likely N-dealkylation sites (N-methyl/N-ethyl adjacent to an activating group) is 3. The van der Waals surface area contributed by atoms with Gasteiger partial charge in [-0.15, -0.1) is 0 Å². The van der Waals surface area contributed by atoms with E-state index in [0.29, 0.717) is 64.2 Å². The third kappa shape index (κ3) is 28.8. The molecule has 132 heavy (non-hydrogen) atoms. The first-order valence-corrected chi connectivity index (χ1v) is 44.7. The first-order chi connectivity index (χ1) is 62.8. The Balaban J connectivity index is 1.19. The fourth-order valence-electron chi connectivity index (χ4n) is 16.5. The Bertz CT molecular complexity index is 4950. The lowest BCUT2D eigenvalue weighted by Gasteiger charge is -2.36. The summed E-state index contributed by atoms with van der Waals surface area (Å²) in [6.07, 6.45) is 0.242. The highest BCUT2D eigenvalue weighted by Gasteiger charge is 2.47. The zero-order valence-corrected chi connectivity index (χ0v) is 75.8. The lowest BCUT2D eigenvalue weighted by molar-refractivity contribution is -0.149. The van der Waals surface area contributed by atoms with Crippen molar-refractivity contribution in [1.29, 1.82) is 5.41 Å². The van der Waals surface area contributed by atoms with E-state index in [0.717, 1.165) is 24.5 Å². The Kier molecular flexibility index (Phi) is 39.1. The molecule has 720 valence electrons. The first-order valence-electron chi connectivity index (χ1n) is 44.7. The van der Waals surface area contributed by atoms with Gasteiger partial charge in [-0.3, -0.25) is 86.9 Å². The van der Waals surface area contributed by atoms with Crippen LogP contribution < -0.4 is 81.4 Å². The van der Waals surface area contributed by atoms with Crippen molar-refractivity contribution < 1.29 is 96.8 Å². The smallest absolute Gasteiger partial charge is 0.246 e. The van der Waals surface area contributed by atoms with Crippen molar-refractivity contribution in [3.8, 4) is 5.75 Å². The van der Waals surface area contributed by atoms with Crippen LogP contribution in [-0.4, -0.2) is 307 Å². The number of nitrogens with one attached hydrogen (secondary N) is 14. The maximum Gasteiger partial charge on any atom is 0.246 e. The van der Waals surface area contributed by atoms with Gasteiger partial charge >= 0.3 is 0 Å². The number of carbonyl (C=O) groups excluding carboxylic acids is 17. The molecule has 5 aromatic rings. The molecule has 0 unspecified atom stereocenters. The van der Waals surface area contributed by atoms with Gasteiger partial charge < -0.3 is 131 Å². The van der Waals surface area contributed by atoms with Gasteiger partial charge in [-0.2, -0.15) is 0 Å². The molecule has 3 aliphatic rings. The Morgan fingerprint density at radius 1 is 0.523 bits per heavy atom. The predicted octanol–water partition coefficient (Wildman–Crippen LogP) is -3.50. The quantitative estimate of drug-likeness (QED) is 0.0153. The average molecular weight is 1840 g/mol. The van der Waals surface area contributed by atoms with E-state index >= 15 is 33.6 Å². The molecule has 43 nitrogen and oxygen atoms in total. The molecule has 3 fully saturated rings. The van der Waals surface area contributed by atoms with Gasteiger partial charge in [-0.25, -0.2) is 0 Å². The highest BCUT2D eigenvalue weighted by molar-refractivity contribution is 6.02. The number of amides is 17. The second kappa shape index (κ2) is 49.6. The molecular formula is C89H129N23O20. The number of aliphatic hydroxyl groups is 2. The van der Waals surface area contributed by atoms with Crippen LogP contribution >= 0.6 is 0 Å². The number of para-hydroxylation sites is 2. The Morgan fingerprint density at radius 3 is 1.64 bits per heavy atom. The SMILES string of the molecule is CCCC[C@H]1C(=O)N(C)[C@@H](CCCC)C(=O)N[C@@H](CCCNC(=N)N)C(=O)N[C@H](C(=O)NCC(N)=O)CCCC(=O)N[C@@H](Cc2ccc(O)cc2)C(=O)N(C)[C@@H](C)C(=O)N[C@H](CC(N)=O)C(=O)N2CCC[C@H]2C(=O)N[C@@H](CN)C(=O)N[C@@H](CC(C)C)C(=O)N2C[C@H](O)C[C@H]2C(=O)N[C@@H](Cc2c[nH]c3ccccc23)C(=O)N[C@@H](CO)C(=O)N[C@@H](Cc2c[nH]c3ccccc23)C(=O)N1C. The molecule has 5 heterocycles. The summed E-state index contributed by atoms with van der Waals surface area (Å²) in [6.45, 7) is 5.41. The number of nitrogens with zero attached hydrogens (tertiary/aromatic N) is 5. The normalized spacial score (nSPS) is 25.1. The van der Waals surface area contributed by atoms with Gasteiger partial charge in [0.15, 0.2) is 5.96 Å². The summed E-state index contributed by atoms with van der Waals surface area (Å²) in [6, 6.07) is -2.20. The molecule has 0 radical (unpaired) electrons. The van der Waals surface area contributed by atoms with Crippen molar-refractivity contribution in [1.82, 2.24) is 93.0 Å². The molecule has 8 rings (SSSR count). The number of phenols is 1. The Labute approximate surface area is 764 Å². The Hall–Kier alpha value is -13.3. The number of carbonyl (C=O) groups is 17. The van der Waals surface area contributed by atoms with Gasteiger partial charge in [0.25, 0.3) is 0 Å². The number of phenolic OH excluding ortho intramolecular Hbond substituents is 1. The van der Waals surface area contributed by atoms with Crippen molar-refractivity contribution in [3.05, 3.63) is 102 Å². The number of aromatic nitrogens is 2. The number of guanidine groups is 1. The number of fused-ring (bicyclic) bond motifs is 4. The van der Waals surface area contributed by atoms with Crippen molar-refractivity contribution in [3.63, 3.8) is 0 Å². The summed E-state index contributed by atoms with van der Waals surface area (Å²) < 4.78 is 0. The maximum atomic E-state index is 15.7. The summed E-state index contributed by atoms with van der Waals surface area (Å²) in [4.78, 5) is 260. The van der Waals surface area contributed by atoms with E-state index in [9.17, 15) is 63.3 Å². The predicted molar refractivity (Wildman–Crippen MR) is 483 cm³/mol. The summed E-state index contributed by atoms with van der Waals surface area (Å²) in [5.41, 5.74) is 25.6. The molecule has 25 N–H and O–H groups in total. The number of H-pyrrole nitrogens is 2. The number of aromatic amines is 2. The number of unbranched alkanes of at least 4 members (excludes halogenated alkanes) is 2. The summed E-state index contributed by atoms with van der Waals surface area (Å²) in [7, 11) is 3.90. The van der Waals surface area contributed by atoms with E-state index in [1.165, 1.54) is 52.3 Å². The van der Waals surface area contributed by atoms with Gasteiger partial charge in [-0.05, 0) is 112 Å². The van der Waals surface area contributed by atoms with Crippen LogP contribution in [0.5, 0.6) is 5.75 Å². The van der Waals surface area contributed by atoms with Crippen LogP contribution in [0.1, 0.15) is 154 Å². The van der Waals surface area contributed by atoms with Crippen molar-refractivity contribution in [2.45, 2.75) is 247 Å². The summed E-state index contributed by atoms with van der Waals surface area (Å²) in [5.74, 6) is -17.0. The van der Waals surface area contributed by atoms with Gasteiger partial charge in [0.2, 0.25) is 100 Å². The minimum atomic E-state index is -1.89. The van der Waals surface area contributed by atoms with E-state index < -0.39 is 243 Å². The number of primary amides is 2. The number of rotatable bonds is 25. The van der Waals surface area contributed by atoms with Crippen LogP contribution in [-0.2, 0) is 101 Å². The third-order valence-electron chi connectivity index (χ3n) is 24.0. The number of aliphatic hydroxyl groups excluding tert-OH is 2. The summed E-state index contributed by atoms with van der Waals surface area (Å²) >= 11 is 0. The minimum Gasteiger partial charge on any atom is -0.508 e. The van der Waals surface area contributed by atoms with Gasteiger partial charge in [0, 0.05) is 114 Å². The Morgan fingerprint density at radius 2 is 1.05 bits per heavy atom. The largest absolute Gasteiger partial charge is 0.508 e.